The largest absolute Gasteiger partial charge is 0.396 e. The molecule has 0 aliphatic carbocycles. The molecule has 0 radical (unpaired) electrons. The number of carbonyl (C=O) groups is 1. The summed E-state index contributed by atoms with van der Waals surface area (Å²) in [5, 5.41) is 9.45. The van der Waals surface area contributed by atoms with Crippen molar-refractivity contribution in [3.8, 4) is 0 Å². The summed E-state index contributed by atoms with van der Waals surface area (Å²) >= 11 is 0. The molecule has 2 atom stereocenters. The van der Waals surface area contributed by atoms with Crippen molar-refractivity contribution in [3.63, 3.8) is 0 Å². The van der Waals surface area contributed by atoms with E-state index in [0.29, 0.717) is 6.54 Å². The average molecular weight is 256 g/mol. The highest BCUT2D eigenvalue weighted by Crippen LogP contribution is 2.29. The Bertz CT molecular complexity index is 281. The minimum atomic E-state index is -0.114. The van der Waals surface area contributed by atoms with Gasteiger partial charge in [-0.3, -0.25) is 9.69 Å². The number of aliphatic hydroxyl groups excluding tert-OH is 1. The van der Waals surface area contributed by atoms with Crippen LogP contribution in [-0.2, 0) is 4.79 Å². The quantitative estimate of drug-likeness (QED) is 0.807. The van der Waals surface area contributed by atoms with E-state index >= 15 is 0 Å². The summed E-state index contributed by atoms with van der Waals surface area (Å²) in [6, 6.07) is -0.0176. The molecule has 1 heterocycles. The molecule has 1 aliphatic heterocycles. The zero-order valence-electron chi connectivity index (χ0n) is 12.3. The number of amides is 1. The lowest BCUT2D eigenvalue weighted by molar-refractivity contribution is -0.140. The second kappa shape index (κ2) is 6.53. The van der Waals surface area contributed by atoms with Crippen molar-refractivity contribution >= 4 is 5.91 Å². The fourth-order valence-corrected chi connectivity index (χ4v) is 2.72. The van der Waals surface area contributed by atoms with E-state index < -0.39 is 0 Å². The molecule has 0 spiro atoms. The van der Waals surface area contributed by atoms with Crippen LogP contribution in [0.1, 0.15) is 39.5 Å². The van der Waals surface area contributed by atoms with E-state index in [0.717, 1.165) is 32.2 Å². The zero-order chi connectivity index (χ0) is 13.8. The van der Waals surface area contributed by atoms with Gasteiger partial charge in [-0.25, -0.2) is 0 Å². The van der Waals surface area contributed by atoms with E-state index in [4.69, 9.17) is 0 Å². The lowest BCUT2D eigenvalue weighted by atomic mass is 9.82. The van der Waals surface area contributed by atoms with Gasteiger partial charge in [-0.2, -0.15) is 0 Å². The van der Waals surface area contributed by atoms with Crippen molar-refractivity contribution in [1.29, 1.82) is 0 Å². The number of likely N-dealkylation sites (N-methyl/N-ethyl adjacent to an activating group) is 1. The van der Waals surface area contributed by atoms with Crippen molar-refractivity contribution in [1.82, 2.24) is 9.80 Å². The molecular formula is C14H28N2O2. The van der Waals surface area contributed by atoms with Crippen LogP contribution in [-0.4, -0.2) is 60.6 Å². The molecule has 0 aromatic heterocycles. The molecule has 0 aromatic rings. The predicted octanol–water partition coefficient (Wildman–Crippen LogP) is 1.34. The van der Waals surface area contributed by atoms with Crippen LogP contribution in [0.5, 0.6) is 0 Å². The van der Waals surface area contributed by atoms with E-state index in [1.54, 1.807) is 0 Å². The lowest BCUT2D eigenvalue weighted by Crippen LogP contribution is -2.52. The topological polar surface area (TPSA) is 43.8 Å². The van der Waals surface area contributed by atoms with Crippen LogP contribution in [0.15, 0.2) is 0 Å². The van der Waals surface area contributed by atoms with Crippen molar-refractivity contribution in [2.24, 2.45) is 5.41 Å². The van der Waals surface area contributed by atoms with E-state index in [1.165, 1.54) is 0 Å². The summed E-state index contributed by atoms with van der Waals surface area (Å²) in [6.45, 7) is 5.87. The molecule has 4 heteroatoms. The maximum Gasteiger partial charge on any atom is 0.239 e. The minimum absolute atomic E-state index is 0.0176. The molecule has 2 unspecified atom stereocenters. The van der Waals surface area contributed by atoms with Gasteiger partial charge in [0.05, 0.1) is 12.6 Å². The van der Waals surface area contributed by atoms with E-state index in [1.807, 2.05) is 23.9 Å². The Hall–Kier alpha value is -0.610. The van der Waals surface area contributed by atoms with Crippen LogP contribution in [0.4, 0.5) is 0 Å². The van der Waals surface area contributed by atoms with Gasteiger partial charge in [0, 0.05) is 18.5 Å². The monoisotopic (exact) mass is 256 g/mol. The number of rotatable bonds is 5. The second-order valence-corrected chi connectivity index (χ2v) is 6.10. The number of aliphatic hydroxyl groups is 1. The minimum Gasteiger partial charge on any atom is -0.396 e. The van der Waals surface area contributed by atoms with Crippen LogP contribution in [0.2, 0.25) is 0 Å². The third kappa shape index (κ3) is 3.69. The van der Waals surface area contributed by atoms with E-state index in [9.17, 15) is 9.90 Å². The maximum absolute atomic E-state index is 12.5. The van der Waals surface area contributed by atoms with Gasteiger partial charge in [0.1, 0.15) is 0 Å². The van der Waals surface area contributed by atoms with E-state index in [-0.39, 0.29) is 24.0 Å². The smallest absolute Gasteiger partial charge is 0.239 e. The Labute approximate surface area is 111 Å². The van der Waals surface area contributed by atoms with Gasteiger partial charge < -0.3 is 10.0 Å². The first-order valence-corrected chi connectivity index (χ1v) is 6.99. The first-order chi connectivity index (χ1) is 8.43. The van der Waals surface area contributed by atoms with Gasteiger partial charge in [0.2, 0.25) is 5.91 Å². The predicted molar refractivity (Wildman–Crippen MR) is 73.4 cm³/mol. The number of piperidine rings is 1. The fourth-order valence-electron chi connectivity index (χ4n) is 2.72. The van der Waals surface area contributed by atoms with Crippen LogP contribution in [0, 0.1) is 5.41 Å². The summed E-state index contributed by atoms with van der Waals surface area (Å²) in [5.74, 6) is 0.223. The number of hydrogen-bond donors (Lipinski definition) is 1. The molecule has 1 N–H and O–H groups in total. The molecule has 0 saturated carbocycles. The third-order valence-electron chi connectivity index (χ3n) is 3.94. The normalized spacial score (nSPS) is 26.4. The lowest BCUT2D eigenvalue weighted by Gasteiger charge is -2.41. The molecule has 1 amide bonds. The van der Waals surface area contributed by atoms with Gasteiger partial charge in [-0.15, -0.1) is 0 Å². The highest BCUT2D eigenvalue weighted by molar-refractivity contribution is 5.82. The zero-order valence-corrected chi connectivity index (χ0v) is 12.3. The Morgan fingerprint density at radius 3 is 2.67 bits per heavy atom. The summed E-state index contributed by atoms with van der Waals surface area (Å²) < 4.78 is 0. The highest BCUT2D eigenvalue weighted by Gasteiger charge is 2.35. The molecule has 1 fully saturated rings. The molecule has 18 heavy (non-hydrogen) atoms. The Morgan fingerprint density at radius 2 is 2.17 bits per heavy atom. The van der Waals surface area contributed by atoms with Crippen molar-refractivity contribution < 1.29 is 9.90 Å². The van der Waals surface area contributed by atoms with Crippen molar-refractivity contribution in [2.75, 3.05) is 33.8 Å². The molecule has 1 saturated heterocycles. The summed E-state index contributed by atoms with van der Waals surface area (Å²) in [6.07, 6.45) is 3.92. The van der Waals surface area contributed by atoms with Crippen molar-refractivity contribution in [2.45, 2.75) is 45.6 Å². The van der Waals surface area contributed by atoms with Gasteiger partial charge in [0.15, 0.2) is 0 Å². The molecule has 0 bridgehead atoms. The van der Waals surface area contributed by atoms with Crippen molar-refractivity contribution in [3.05, 3.63) is 0 Å². The van der Waals surface area contributed by atoms with Crippen LogP contribution >= 0.6 is 0 Å². The van der Waals surface area contributed by atoms with E-state index in [2.05, 4.69) is 13.8 Å². The average Bonchev–Trinajstić information content (AvgIpc) is 2.35. The second-order valence-electron chi connectivity index (χ2n) is 6.10. The van der Waals surface area contributed by atoms with Gasteiger partial charge in [-0.05, 0) is 33.4 Å². The third-order valence-corrected chi connectivity index (χ3v) is 3.94. The van der Waals surface area contributed by atoms with Crippen LogP contribution in [0.25, 0.3) is 0 Å². The molecule has 1 rings (SSSR count). The van der Waals surface area contributed by atoms with Crippen LogP contribution in [0.3, 0.4) is 0 Å². The molecule has 4 nitrogen and oxygen atoms in total. The number of nitrogens with zero attached hydrogens (tertiary/aromatic N) is 2. The van der Waals surface area contributed by atoms with Crippen LogP contribution < -0.4 is 0 Å². The Balaban J connectivity index is 2.70. The SMILES string of the molecule is CCCC(C(=O)N1CCCC(C)(CO)C1)N(C)C. The first kappa shape index (κ1) is 15.4. The standard InChI is InChI=1S/C14H28N2O2/c1-5-7-12(15(3)4)13(18)16-9-6-8-14(2,10-16)11-17/h12,17H,5-11H2,1-4H3. The fraction of sp³-hybridized carbons (Fsp3) is 0.929. The highest BCUT2D eigenvalue weighted by atomic mass is 16.3. The molecule has 0 aromatic carbocycles. The van der Waals surface area contributed by atoms with Gasteiger partial charge >= 0.3 is 0 Å². The molecule has 1 aliphatic rings. The Kier molecular flexibility index (Phi) is 5.60. The summed E-state index contributed by atoms with van der Waals surface area (Å²) in [5.41, 5.74) is -0.114. The Morgan fingerprint density at radius 1 is 1.50 bits per heavy atom. The molecule has 106 valence electrons. The van der Waals surface area contributed by atoms with Gasteiger partial charge in [-0.1, -0.05) is 20.3 Å². The summed E-state index contributed by atoms with van der Waals surface area (Å²) in [7, 11) is 3.93. The first-order valence-electron chi connectivity index (χ1n) is 6.99. The number of hydrogen-bond acceptors (Lipinski definition) is 3. The maximum atomic E-state index is 12.5. The number of likely N-dealkylation sites (tertiary alicyclic amines) is 1. The summed E-state index contributed by atoms with van der Waals surface area (Å²) in [4.78, 5) is 16.5. The van der Waals surface area contributed by atoms with Gasteiger partial charge in [0.25, 0.3) is 0 Å². The number of carbonyl (C=O) groups excluding carboxylic acids is 1. The molecular weight excluding hydrogens is 228 g/mol.